The normalized spacial score (nSPS) is 22.3. The Labute approximate surface area is 254 Å². The van der Waals surface area contributed by atoms with E-state index in [0.29, 0.717) is 40.7 Å². The second-order valence-electron chi connectivity index (χ2n) is 12.5. The van der Waals surface area contributed by atoms with E-state index in [1.54, 1.807) is 18.2 Å². The summed E-state index contributed by atoms with van der Waals surface area (Å²) in [4.78, 5) is 30.1. The first-order chi connectivity index (χ1) is 19.7. The summed E-state index contributed by atoms with van der Waals surface area (Å²) in [6.45, 7) is 6.68. The van der Waals surface area contributed by atoms with Gasteiger partial charge in [0, 0.05) is 40.7 Å². The molecule has 2 amide bonds. The molecular weight excluding hydrogens is 580 g/mol. The summed E-state index contributed by atoms with van der Waals surface area (Å²) in [6, 6.07) is 14.2. The summed E-state index contributed by atoms with van der Waals surface area (Å²) in [5, 5.41) is 17.2. The maximum absolute atomic E-state index is 14.4. The molecule has 6 nitrogen and oxygen atoms in total. The fourth-order valence-electron chi connectivity index (χ4n) is 6.06. The Balaban J connectivity index is 1.31. The number of halogens is 3. The van der Waals surface area contributed by atoms with E-state index in [0.717, 1.165) is 35.8 Å². The molecule has 3 N–H and O–H groups in total. The molecule has 0 radical (unpaired) electrons. The van der Waals surface area contributed by atoms with Gasteiger partial charge in [0.25, 0.3) is 5.91 Å². The molecule has 0 unspecified atom stereocenters. The molecule has 0 spiro atoms. The number of likely N-dealkylation sites (tertiary alicyclic amines) is 1. The number of carbonyl (C=O) groups excluding carboxylic acids is 2. The fraction of sp³-hybridized carbons (Fsp3) is 0.438. The van der Waals surface area contributed by atoms with E-state index >= 15 is 0 Å². The largest absolute Gasteiger partial charge is 0.390 e. The second-order valence-corrected chi connectivity index (χ2v) is 14.0. The Bertz CT molecular complexity index is 1480. The average molecular weight is 616 g/mol. The first-order valence-electron chi connectivity index (χ1n) is 14.2. The summed E-state index contributed by atoms with van der Waals surface area (Å²) in [5.74, 6) is -1.91. The van der Waals surface area contributed by atoms with Crippen LogP contribution < -0.4 is 10.6 Å². The average Bonchev–Trinajstić information content (AvgIpc) is 3.37. The highest BCUT2D eigenvalue weighted by atomic mass is 35.5. The summed E-state index contributed by atoms with van der Waals surface area (Å²) in [5.41, 5.74) is -1.05. The Morgan fingerprint density at radius 3 is 2.48 bits per heavy atom. The number of nitrogens with zero attached hydrogens (tertiary/aromatic N) is 1. The highest BCUT2D eigenvalue weighted by Gasteiger charge is 2.49. The molecule has 1 saturated heterocycles. The Morgan fingerprint density at radius 2 is 1.81 bits per heavy atom. The van der Waals surface area contributed by atoms with E-state index in [-0.39, 0.29) is 29.8 Å². The van der Waals surface area contributed by atoms with Crippen molar-refractivity contribution in [3.63, 3.8) is 0 Å². The zero-order valence-corrected chi connectivity index (χ0v) is 25.5. The fourth-order valence-corrected chi connectivity index (χ4v) is 7.18. The first-order valence-corrected chi connectivity index (χ1v) is 15.4. The van der Waals surface area contributed by atoms with Gasteiger partial charge in [0.2, 0.25) is 5.91 Å². The number of nitrogens with one attached hydrogen (secondary N) is 2. The Morgan fingerprint density at radius 1 is 1.10 bits per heavy atom. The topological polar surface area (TPSA) is 81.7 Å². The molecule has 2 heterocycles. The number of aliphatic hydroxyl groups is 1. The van der Waals surface area contributed by atoms with Gasteiger partial charge in [0.05, 0.1) is 28.0 Å². The van der Waals surface area contributed by atoms with Gasteiger partial charge in [-0.1, -0.05) is 23.7 Å². The third-order valence-corrected chi connectivity index (χ3v) is 9.81. The third-order valence-electron chi connectivity index (χ3n) is 8.46. The van der Waals surface area contributed by atoms with Gasteiger partial charge < -0.3 is 15.7 Å². The van der Waals surface area contributed by atoms with Gasteiger partial charge in [-0.2, -0.15) is 0 Å². The van der Waals surface area contributed by atoms with Crippen LogP contribution in [-0.4, -0.2) is 52.1 Å². The van der Waals surface area contributed by atoms with Gasteiger partial charge in [-0.3, -0.25) is 14.5 Å². The second kappa shape index (κ2) is 11.7. The summed E-state index contributed by atoms with van der Waals surface area (Å²) >= 11 is 7.30. The number of carbonyl (C=O) groups is 2. The predicted octanol–water partition coefficient (Wildman–Crippen LogP) is 6.27. The monoisotopic (exact) mass is 615 g/mol. The molecule has 0 atom stereocenters. The molecule has 224 valence electrons. The van der Waals surface area contributed by atoms with Crippen LogP contribution in [0.1, 0.15) is 68.1 Å². The summed E-state index contributed by atoms with van der Waals surface area (Å²) in [6.07, 6.45) is 3.19. The van der Waals surface area contributed by atoms with Gasteiger partial charge in [-0.15, -0.1) is 11.3 Å². The maximum atomic E-state index is 14.4. The minimum absolute atomic E-state index is 0.0779. The number of rotatable bonds is 8. The van der Waals surface area contributed by atoms with Gasteiger partial charge in [0.1, 0.15) is 11.6 Å². The molecule has 5 rings (SSSR count). The molecular formula is C32H36ClF2N3O3S. The molecule has 1 aliphatic heterocycles. The van der Waals surface area contributed by atoms with Crippen LogP contribution in [0.15, 0.2) is 54.6 Å². The van der Waals surface area contributed by atoms with Crippen LogP contribution >= 0.6 is 22.9 Å². The lowest BCUT2D eigenvalue weighted by Gasteiger charge is -2.55. The Hall–Kier alpha value is -2.85. The number of thiophene rings is 1. The standard InChI is InChI=1S/C32H36ClF2N3O3S/c1-30(2,20-5-4-6-21(33)15-20)36-28(39)17-32(18-38(19-32)23-11-13-31(3,41)14-12-23)37-29(40)27-10-9-26(42-27)24-8-7-22(34)16-25(24)35/h4-10,15-16,23,41H,11-14,17-19H2,1-3H3,(H,36,39)(H,37,40). The van der Waals surface area contributed by atoms with Gasteiger partial charge in [0.15, 0.2) is 0 Å². The van der Waals surface area contributed by atoms with Gasteiger partial charge in [-0.25, -0.2) is 8.78 Å². The molecule has 2 aliphatic rings. The van der Waals surface area contributed by atoms with E-state index in [4.69, 9.17) is 11.6 Å². The van der Waals surface area contributed by atoms with E-state index in [9.17, 15) is 23.5 Å². The predicted molar refractivity (Wildman–Crippen MR) is 162 cm³/mol. The molecule has 1 aromatic heterocycles. The highest BCUT2D eigenvalue weighted by Crippen LogP contribution is 2.37. The van der Waals surface area contributed by atoms with E-state index in [2.05, 4.69) is 15.5 Å². The van der Waals surface area contributed by atoms with Crippen molar-refractivity contribution in [2.45, 2.75) is 75.6 Å². The van der Waals surface area contributed by atoms with Crippen molar-refractivity contribution in [1.82, 2.24) is 15.5 Å². The van der Waals surface area contributed by atoms with Crippen LogP contribution in [0.25, 0.3) is 10.4 Å². The van der Waals surface area contributed by atoms with Crippen LogP contribution in [0.3, 0.4) is 0 Å². The highest BCUT2D eigenvalue weighted by molar-refractivity contribution is 7.17. The Kier molecular flexibility index (Phi) is 8.51. The van der Waals surface area contributed by atoms with E-state index in [1.807, 2.05) is 39.0 Å². The molecule has 0 bridgehead atoms. The van der Waals surface area contributed by atoms with Crippen LogP contribution in [0.2, 0.25) is 5.02 Å². The lowest BCUT2D eigenvalue weighted by atomic mass is 9.78. The quantitative estimate of drug-likeness (QED) is 0.279. The van der Waals surface area contributed by atoms with Crippen LogP contribution in [0.4, 0.5) is 8.78 Å². The molecule has 3 aromatic rings. The van der Waals surface area contributed by atoms with Crippen molar-refractivity contribution >= 4 is 34.8 Å². The number of amides is 2. The molecule has 10 heteroatoms. The number of hydrogen-bond donors (Lipinski definition) is 3. The van der Waals surface area contributed by atoms with E-state index < -0.39 is 28.3 Å². The SMILES string of the molecule is CC1(O)CCC(N2CC(CC(=O)NC(C)(C)c3cccc(Cl)c3)(NC(=O)c3ccc(-c4ccc(F)cc4F)s3)C2)CC1. The lowest BCUT2D eigenvalue weighted by Crippen LogP contribution is -2.73. The van der Waals surface area contributed by atoms with Crippen molar-refractivity contribution in [1.29, 1.82) is 0 Å². The minimum atomic E-state index is -0.795. The molecule has 1 saturated carbocycles. The van der Waals surface area contributed by atoms with Crippen molar-refractivity contribution < 1.29 is 23.5 Å². The lowest BCUT2D eigenvalue weighted by molar-refractivity contribution is -0.127. The van der Waals surface area contributed by atoms with Crippen LogP contribution in [0.5, 0.6) is 0 Å². The zero-order valence-electron chi connectivity index (χ0n) is 24.0. The van der Waals surface area contributed by atoms with Crippen molar-refractivity contribution in [2.75, 3.05) is 13.1 Å². The van der Waals surface area contributed by atoms with Crippen LogP contribution in [-0.2, 0) is 10.3 Å². The van der Waals surface area contributed by atoms with Crippen molar-refractivity contribution in [3.05, 3.63) is 81.7 Å². The van der Waals surface area contributed by atoms with Crippen LogP contribution in [0, 0.1) is 11.6 Å². The van der Waals surface area contributed by atoms with Crippen molar-refractivity contribution in [3.8, 4) is 10.4 Å². The van der Waals surface area contributed by atoms with Gasteiger partial charge >= 0.3 is 0 Å². The molecule has 2 aromatic carbocycles. The molecule has 2 fully saturated rings. The maximum Gasteiger partial charge on any atom is 0.261 e. The first kappa shape index (κ1) is 30.6. The minimum Gasteiger partial charge on any atom is -0.390 e. The molecule has 1 aliphatic carbocycles. The summed E-state index contributed by atoms with van der Waals surface area (Å²) in [7, 11) is 0. The number of benzene rings is 2. The van der Waals surface area contributed by atoms with E-state index in [1.165, 1.54) is 12.1 Å². The smallest absolute Gasteiger partial charge is 0.261 e. The van der Waals surface area contributed by atoms with Gasteiger partial charge in [-0.05, 0) is 88.4 Å². The van der Waals surface area contributed by atoms with Crippen molar-refractivity contribution in [2.24, 2.45) is 0 Å². The third kappa shape index (κ3) is 6.86. The number of hydrogen-bond acceptors (Lipinski definition) is 5. The molecule has 42 heavy (non-hydrogen) atoms. The summed E-state index contributed by atoms with van der Waals surface area (Å²) < 4.78 is 27.8. The zero-order chi connectivity index (χ0) is 30.3.